The number of imidazole rings is 1. The molecule has 0 radical (unpaired) electrons. The van der Waals surface area contributed by atoms with Gasteiger partial charge < -0.3 is 19.7 Å². The van der Waals surface area contributed by atoms with Crippen LogP contribution < -0.4 is 5.32 Å². The Hall–Kier alpha value is -2.35. The predicted octanol–water partition coefficient (Wildman–Crippen LogP) is 2.67. The van der Waals surface area contributed by atoms with Crippen LogP contribution in [0.15, 0.2) is 36.9 Å². The lowest BCUT2D eigenvalue weighted by Gasteiger charge is -2.17. The number of fused-ring (bicyclic) bond motifs is 1. The van der Waals surface area contributed by atoms with E-state index in [1.54, 1.807) is 41.5 Å². The van der Waals surface area contributed by atoms with Crippen LogP contribution in [0.1, 0.15) is 0 Å². The third-order valence-electron chi connectivity index (χ3n) is 3.62. The number of methoxy groups -OCH3 is 1. The summed E-state index contributed by atoms with van der Waals surface area (Å²) in [5.41, 5.74) is 1.20. The minimum atomic E-state index is -0.955. The first-order chi connectivity index (χ1) is 12.0. The summed E-state index contributed by atoms with van der Waals surface area (Å²) in [6.07, 6.45) is 5.04. The summed E-state index contributed by atoms with van der Waals surface area (Å²) >= 11 is 12.4. The number of benzene rings is 1. The fourth-order valence-electron chi connectivity index (χ4n) is 2.40. The summed E-state index contributed by atoms with van der Waals surface area (Å²) in [6, 6.07) is 4.26. The van der Waals surface area contributed by atoms with Gasteiger partial charge in [-0.05, 0) is 12.1 Å². The lowest BCUT2D eigenvalue weighted by Crippen LogP contribution is -2.34. The SMILES string of the molecule is COC(=O)[C@H](CO)Nc1cc(-n2ccnc2)c2ccc(Cl)c(Cl)c2n1. The summed E-state index contributed by atoms with van der Waals surface area (Å²) < 4.78 is 6.44. The second-order valence-corrected chi connectivity index (χ2v) is 5.94. The van der Waals surface area contributed by atoms with E-state index >= 15 is 0 Å². The standard InChI is InChI=1S/C16H14Cl2N4O3/c1-25-16(24)11(7-23)20-13-6-12(22-5-4-19-8-22)9-2-3-10(17)14(18)15(9)21-13/h2-6,8,11,23H,7H2,1H3,(H,20,21)/t11-/m0/s1. The Morgan fingerprint density at radius 1 is 1.44 bits per heavy atom. The zero-order valence-corrected chi connectivity index (χ0v) is 14.6. The van der Waals surface area contributed by atoms with Crippen molar-refractivity contribution in [3.63, 3.8) is 0 Å². The molecule has 0 amide bonds. The molecule has 1 atom stereocenters. The first-order valence-electron chi connectivity index (χ1n) is 7.27. The Morgan fingerprint density at radius 3 is 2.88 bits per heavy atom. The lowest BCUT2D eigenvalue weighted by molar-refractivity contribution is -0.142. The molecule has 3 rings (SSSR count). The van der Waals surface area contributed by atoms with Crippen molar-refractivity contribution in [1.82, 2.24) is 14.5 Å². The molecule has 1 aromatic carbocycles. The number of esters is 1. The van der Waals surface area contributed by atoms with Crippen molar-refractivity contribution in [3.05, 3.63) is 47.0 Å². The molecular formula is C16H14Cl2N4O3. The number of aliphatic hydroxyl groups excluding tert-OH is 1. The number of halogens is 2. The van der Waals surface area contributed by atoms with E-state index in [2.05, 4.69) is 20.0 Å². The first-order valence-corrected chi connectivity index (χ1v) is 8.03. The molecule has 0 saturated carbocycles. The van der Waals surface area contributed by atoms with Crippen molar-refractivity contribution in [3.8, 4) is 5.69 Å². The molecular weight excluding hydrogens is 367 g/mol. The molecule has 9 heteroatoms. The molecule has 0 spiro atoms. The number of hydrogen-bond acceptors (Lipinski definition) is 6. The number of carbonyl (C=O) groups is 1. The molecule has 0 aliphatic heterocycles. The van der Waals surface area contributed by atoms with Crippen LogP contribution in [-0.2, 0) is 9.53 Å². The van der Waals surface area contributed by atoms with Crippen LogP contribution in [0.5, 0.6) is 0 Å². The van der Waals surface area contributed by atoms with E-state index < -0.39 is 18.6 Å². The Balaban J connectivity index is 2.17. The highest BCUT2D eigenvalue weighted by Crippen LogP contribution is 2.34. The second kappa shape index (κ2) is 7.26. The minimum Gasteiger partial charge on any atom is -0.467 e. The quantitative estimate of drug-likeness (QED) is 0.661. The van der Waals surface area contributed by atoms with Gasteiger partial charge in [-0.3, -0.25) is 0 Å². The highest BCUT2D eigenvalue weighted by atomic mass is 35.5. The van der Waals surface area contributed by atoms with E-state index in [-0.39, 0.29) is 0 Å². The summed E-state index contributed by atoms with van der Waals surface area (Å²) in [6.45, 7) is -0.448. The maximum absolute atomic E-state index is 11.7. The number of aromatic nitrogens is 3. The van der Waals surface area contributed by atoms with Gasteiger partial charge in [0.25, 0.3) is 0 Å². The molecule has 0 bridgehead atoms. The summed E-state index contributed by atoms with van der Waals surface area (Å²) in [5, 5.41) is 13.7. The van der Waals surface area contributed by atoms with E-state index in [0.29, 0.717) is 21.4 Å². The summed E-state index contributed by atoms with van der Waals surface area (Å²) in [5.74, 6) is -0.268. The van der Waals surface area contributed by atoms with Crippen LogP contribution in [0.3, 0.4) is 0 Å². The molecule has 130 valence electrons. The summed E-state index contributed by atoms with van der Waals surface area (Å²) in [7, 11) is 1.24. The van der Waals surface area contributed by atoms with E-state index in [0.717, 1.165) is 11.1 Å². The Kier molecular flexibility index (Phi) is 5.08. The van der Waals surface area contributed by atoms with Gasteiger partial charge >= 0.3 is 5.97 Å². The van der Waals surface area contributed by atoms with Gasteiger partial charge in [-0.1, -0.05) is 23.2 Å². The number of rotatable bonds is 5. The van der Waals surface area contributed by atoms with Crippen molar-refractivity contribution in [2.24, 2.45) is 0 Å². The maximum atomic E-state index is 11.7. The van der Waals surface area contributed by atoms with E-state index in [9.17, 15) is 9.90 Å². The molecule has 0 aliphatic rings. The lowest BCUT2D eigenvalue weighted by atomic mass is 10.1. The van der Waals surface area contributed by atoms with Gasteiger partial charge in [0, 0.05) is 23.8 Å². The third-order valence-corrected chi connectivity index (χ3v) is 4.42. The van der Waals surface area contributed by atoms with E-state index in [1.807, 2.05) is 0 Å². The number of hydrogen-bond donors (Lipinski definition) is 2. The van der Waals surface area contributed by atoms with Gasteiger partial charge in [0.15, 0.2) is 0 Å². The molecule has 0 saturated heterocycles. The summed E-state index contributed by atoms with van der Waals surface area (Å²) in [4.78, 5) is 20.2. The molecule has 25 heavy (non-hydrogen) atoms. The number of nitrogens with zero attached hydrogens (tertiary/aromatic N) is 3. The number of ether oxygens (including phenoxy) is 1. The number of pyridine rings is 1. The Bertz CT molecular complexity index is 915. The molecule has 0 aliphatic carbocycles. The maximum Gasteiger partial charge on any atom is 0.330 e. The molecule has 0 unspecified atom stereocenters. The number of carbonyl (C=O) groups excluding carboxylic acids is 1. The smallest absolute Gasteiger partial charge is 0.330 e. The minimum absolute atomic E-state index is 0.294. The molecule has 2 heterocycles. The monoisotopic (exact) mass is 380 g/mol. The van der Waals surface area contributed by atoms with Crippen LogP contribution in [0.2, 0.25) is 10.0 Å². The number of nitrogens with one attached hydrogen (secondary N) is 1. The van der Waals surface area contributed by atoms with Crippen molar-refractivity contribution < 1.29 is 14.6 Å². The topological polar surface area (TPSA) is 89.3 Å². The van der Waals surface area contributed by atoms with Gasteiger partial charge in [0.1, 0.15) is 11.9 Å². The third kappa shape index (κ3) is 3.39. The van der Waals surface area contributed by atoms with Gasteiger partial charge in [-0.15, -0.1) is 0 Å². The molecule has 2 aromatic heterocycles. The average Bonchev–Trinajstić information content (AvgIpc) is 3.16. The zero-order valence-electron chi connectivity index (χ0n) is 13.1. The van der Waals surface area contributed by atoms with Gasteiger partial charge in [0.05, 0.1) is 41.3 Å². The van der Waals surface area contributed by atoms with Crippen LogP contribution in [0, 0.1) is 0 Å². The normalized spacial score (nSPS) is 12.2. The van der Waals surface area contributed by atoms with Gasteiger partial charge in [0.2, 0.25) is 0 Å². The fraction of sp³-hybridized carbons (Fsp3) is 0.188. The van der Waals surface area contributed by atoms with Crippen LogP contribution in [0.25, 0.3) is 16.6 Å². The Morgan fingerprint density at radius 2 is 2.24 bits per heavy atom. The van der Waals surface area contributed by atoms with E-state index in [4.69, 9.17) is 23.2 Å². The molecule has 0 fully saturated rings. The zero-order chi connectivity index (χ0) is 18.0. The second-order valence-electron chi connectivity index (χ2n) is 5.16. The van der Waals surface area contributed by atoms with Crippen molar-refractivity contribution in [2.45, 2.75) is 6.04 Å². The van der Waals surface area contributed by atoms with Crippen LogP contribution >= 0.6 is 23.2 Å². The highest BCUT2D eigenvalue weighted by Gasteiger charge is 2.20. The van der Waals surface area contributed by atoms with Crippen LogP contribution in [-0.4, -0.2) is 45.4 Å². The number of aliphatic hydroxyl groups is 1. The van der Waals surface area contributed by atoms with Crippen molar-refractivity contribution in [2.75, 3.05) is 19.0 Å². The van der Waals surface area contributed by atoms with Crippen molar-refractivity contribution in [1.29, 1.82) is 0 Å². The fourth-order valence-corrected chi connectivity index (χ4v) is 2.76. The van der Waals surface area contributed by atoms with Gasteiger partial charge in [-0.25, -0.2) is 14.8 Å². The van der Waals surface area contributed by atoms with Crippen molar-refractivity contribution >= 4 is 45.9 Å². The van der Waals surface area contributed by atoms with E-state index in [1.165, 1.54) is 7.11 Å². The van der Waals surface area contributed by atoms with Gasteiger partial charge in [-0.2, -0.15) is 0 Å². The highest BCUT2D eigenvalue weighted by molar-refractivity contribution is 6.45. The first kappa shape index (κ1) is 17.5. The Labute approximate surface area is 153 Å². The number of anilines is 1. The molecule has 7 nitrogen and oxygen atoms in total. The average molecular weight is 381 g/mol. The molecule has 3 aromatic rings. The largest absolute Gasteiger partial charge is 0.467 e. The van der Waals surface area contributed by atoms with Crippen LogP contribution in [0.4, 0.5) is 5.82 Å². The molecule has 2 N–H and O–H groups in total. The predicted molar refractivity (Wildman–Crippen MR) is 95.4 cm³/mol.